The minimum atomic E-state index is -1.02. The molecule has 0 atom stereocenters. The van der Waals surface area contributed by atoms with E-state index < -0.39 is 5.97 Å². The Labute approximate surface area is 189 Å². The number of ether oxygens (including phenoxy) is 2. The van der Waals surface area contributed by atoms with Gasteiger partial charge in [-0.25, -0.2) is 4.79 Å². The first-order valence-electron chi connectivity index (χ1n) is 9.88. The zero-order valence-corrected chi connectivity index (χ0v) is 18.8. The summed E-state index contributed by atoms with van der Waals surface area (Å²) in [5.41, 5.74) is 1.76. The first-order valence-corrected chi connectivity index (χ1v) is 10.9. The average Bonchev–Trinajstić information content (AvgIpc) is 3.12. The maximum Gasteiger partial charge on any atom is 0.335 e. The maximum atomic E-state index is 12.2. The Hall–Kier alpha value is -3.53. The predicted octanol–water partition coefficient (Wildman–Crippen LogP) is 3.53. The van der Waals surface area contributed by atoms with Gasteiger partial charge < -0.3 is 24.5 Å². The van der Waals surface area contributed by atoms with Crippen LogP contribution in [0.15, 0.2) is 47.6 Å². The fourth-order valence-electron chi connectivity index (χ4n) is 2.76. The summed E-state index contributed by atoms with van der Waals surface area (Å²) in [6, 6.07) is 11.7. The maximum absolute atomic E-state index is 12.2. The number of aromatic carboxylic acids is 1. The van der Waals surface area contributed by atoms with Gasteiger partial charge in [-0.05, 0) is 55.8 Å². The highest BCUT2D eigenvalue weighted by Gasteiger charge is 2.14. The summed E-state index contributed by atoms with van der Waals surface area (Å²) in [7, 11) is 1.81. The van der Waals surface area contributed by atoms with Crippen molar-refractivity contribution in [1.29, 1.82) is 0 Å². The SMILES string of the molecule is CCOc1cc(C)ccc1OCc1nnc(SCC(=O)Nc2ccc(C(=O)O)cc2)n1C. The quantitative estimate of drug-likeness (QED) is 0.445. The summed E-state index contributed by atoms with van der Waals surface area (Å²) < 4.78 is 13.3. The van der Waals surface area contributed by atoms with Gasteiger partial charge in [-0.2, -0.15) is 0 Å². The number of carbonyl (C=O) groups excluding carboxylic acids is 1. The summed E-state index contributed by atoms with van der Waals surface area (Å²) in [6.07, 6.45) is 0. The van der Waals surface area contributed by atoms with Gasteiger partial charge in [0.1, 0.15) is 6.61 Å². The molecule has 0 unspecified atom stereocenters. The fourth-order valence-corrected chi connectivity index (χ4v) is 3.49. The highest BCUT2D eigenvalue weighted by molar-refractivity contribution is 7.99. The average molecular weight is 457 g/mol. The molecule has 168 valence electrons. The van der Waals surface area contributed by atoms with Gasteiger partial charge in [0, 0.05) is 12.7 Å². The fraction of sp³-hybridized carbons (Fsp3) is 0.273. The lowest BCUT2D eigenvalue weighted by molar-refractivity contribution is -0.113. The molecular weight excluding hydrogens is 432 g/mol. The van der Waals surface area contributed by atoms with Crippen LogP contribution in [0.3, 0.4) is 0 Å². The number of benzene rings is 2. The second kappa shape index (κ2) is 10.7. The largest absolute Gasteiger partial charge is 0.490 e. The Morgan fingerprint density at radius 3 is 2.53 bits per heavy atom. The van der Waals surface area contributed by atoms with E-state index >= 15 is 0 Å². The van der Waals surface area contributed by atoms with Gasteiger partial charge >= 0.3 is 5.97 Å². The van der Waals surface area contributed by atoms with Crippen molar-refractivity contribution in [1.82, 2.24) is 14.8 Å². The topological polar surface area (TPSA) is 116 Å². The number of carbonyl (C=O) groups is 2. The number of carboxylic acid groups (broad SMARTS) is 1. The highest BCUT2D eigenvalue weighted by atomic mass is 32.2. The molecule has 0 radical (unpaired) electrons. The van der Waals surface area contributed by atoms with Gasteiger partial charge in [-0.1, -0.05) is 17.8 Å². The van der Waals surface area contributed by atoms with E-state index in [9.17, 15) is 9.59 Å². The van der Waals surface area contributed by atoms with Crippen molar-refractivity contribution in [3.63, 3.8) is 0 Å². The number of nitrogens with one attached hydrogen (secondary N) is 1. The van der Waals surface area contributed by atoms with Crippen LogP contribution in [0.1, 0.15) is 28.7 Å². The molecule has 2 aromatic carbocycles. The van der Waals surface area contributed by atoms with Crippen molar-refractivity contribution >= 4 is 29.3 Å². The number of hydrogen-bond donors (Lipinski definition) is 2. The minimum absolute atomic E-state index is 0.125. The van der Waals surface area contributed by atoms with Gasteiger partial charge in [-0.3, -0.25) is 4.79 Å². The number of rotatable bonds is 10. The zero-order valence-electron chi connectivity index (χ0n) is 18.0. The molecular formula is C22H24N4O5S. The van der Waals surface area contributed by atoms with Crippen LogP contribution in [0, 0.1) is 6.92 Å². The van der Waals surface area contributed by atoms with Crippen LogP contribution in [0.25, 0.3) is 0 Å². The first kappa shape index (κ1) is 23.1. The third-order valence-electron chi connectivity index (χ3n) is 4.43. The van der Waals surface area contributed by atoms with Crippen molar-refractivity contribution in [2.24, 2.45) is 7.05 Å². The molecule has 1 aromatic heterocycles. The molecule has 0 fully saturated rings. The van der Waals surface area contributed by atoms with Crippen molar-refractivity contribution in [3.8, 4) is 11.5 Å². The van der Waals surface area contributed by atoms with Gasteiger partial charge in [0.05, 0.1) is 17.9 Å². The van der Waals surface area contributed by atoms with Crippen LogP contribution in [0.5, 0.6) is 11.5 Å². The van der Waals surface area contributed by atoms with Crippen LogP contribution in [-0.4, -0.2) is 44.1 Å². The number of amides is 1. The van der Waals surface area contributed by atoms with Gasteiger partial charge in [0.25, 0.3) is 0 Å². The lowest BCUT2D eigenvalue weighted by Crippen LogP contribution is -2.14. The molecule has 1 amide bonds. The number of aryl methyl sites for hydroxylation is 1. The molecule has 1 heterocycles. The Bertz CT molecular complexity index is 1100. The first-order chi connectivity index (χ1) is 15.4. The van der Waals surface area contributed by atoms with Gasteiger partial charge in [0.15, 0.2) is 22.5 Å². The number of aromatic nitrogens is 3. The molecule has 0 aliphatic carbocycles. The van der Waals surface area contributed by atoms with Crippen LogP contribution >= 0.6 is 11.8 Å². The van der Waals surface area contributed by atoms with E-state index in [1.165, 1.54) is 23.9 Å². The van der Waals surface area contributed by atoms with Crippen molar-refractivity contribution < 1.29 is 24.2 Å². The van der Waals surface area contributed by atoms with Crippen molar-refractivity contribution in [3.05, 3.63) is 59.4 Å². The lowest BCUT2D eigenvalue weighted by Gasteiger charge is -2.12. The van der Waals surface area contributed by atoms with E-state index in [2.05, 4.69) is 15.5 Å². The second-order valence-electron chi connectivity index (χ2n) is 6.85. The predicted molar refractivity (Wildman–Crippen MR) is 120 cm³/mol. The number of hydrogen-bond acceptors (Lipinski definition) is 7. The summed E-state index contributed by atoms with van der Waals surface area (Å²) in [5.74, 6) is 0.789. The monoisotopic (exact) mass is 456 g/mol. The molecule has 0 saturated carbocycles. The number of thioether (sulfide) groups is 1. The molecule has 9 nitrogen and oxygen atoms in total. The molecule has 0 bridgehead atoms. The smallest absolute Gasteiger partial charge is 0.335 e. The van der Waals surface area contributed by atoms with Crippen molar-refractivity contribution in [2.75, 3.05) is 17.7 Å². The van der Waals surface area contributed by atoms with Gasteiger partial charge in [-0.15, -0.1) is 10.2 Å². The molecule has 2 N–H and O–H groups in total. The highest BCUT2D eigenvalue weighted by Crippen LogP contribution is 2.29. The van der Waals surface area contributed by atoms with E-state index in [-0.39, 0.29) is 23.8 Å². The number of anilines is 1. The van der Waals surface area contributed by atoms with E-state index in [1.807, 2.05) is 39.1 Å². The summed E-state index contributed by atoms with van der Waals surface area (Å²) in [5, 5.41) is 20.5. The molecule has 3 aromatic rings. The lowest BCUT2D eigenvalue weighted by atomic mass is 10.2. The van der Waals surface area contributed by atoms with Gasteiger partial charge in [0.2, 0.25) is 5.91 Å². The molecule has 3 rings (SSSR count). The van der Waals surface area contributed by atoms with E-state index in [1.54, 1.807) is 16.7 Å². The normalized spacial score (nSPS) is 10.6. The minimum Gasteiger partial charge on any atom is -0.490 e. The van der Waals surface area contributed by atoms with Crippen LogP contribution in [-0.2, 0) is 18.4 Å². The Balaban J connectivity index is 1.54. The molecule has 32 heavy (non-hydrogen) atoms. The third kappa shape index (κ3) is 6.01. The molecule has 0 spiro atoms. The standard InChI is InChI=1S/C22H24N4O5S/c1-4-30-18-11-14(2)5-10-17(18)31-12-19-24-25-22(26(19)3)32-13-20(27)23-16-8-6-15(7-9-16)21(28)29/h5-11H,4,12-13H2,1-3H3,(H,23,27)(H,28,29). The Morgan fingerprint density at radius 2 is 1.84 bits per heavy atom. The number of nitrogens with zero attached hydrogens (tertiary/aromatic N) is 3. The third-order valence-corrected chi connectivity index (χ3v) is 5.45. The van der Waals surface area contributed by atoms with Crippen LogP contribution in [0.2, 0.25) is 0 Å². The van der Waals surface area contributed by atoms with E-state index in [0.29, 0.717) is 34.8 Å². The Kier molecular flexibility index (Phi) is 7.72. The summed E-state index contributed by atoms with van der Waals surface area (Å²) >= 11 is 1.24. The molecule has 0 aliphatic rings. The molecule has 0 saturated heterocycles. The van der Waals surface area contributed by atoms with E-state index in [0.717, 1.165) is 5.56 Å². The Morgan fingerprint density at radius 1 is 1.09 bits per heavy atom. The van der Waals surface area contributed by atoms with Crippen molar-refractivity contribution in [2.45, 2.75) is 25.6 Å². The summed E-state index contributed by atoms with van der Waals surface area (Å²) in [6.45, 7) is 4.64. The summed E-state index contributed by atoms with van der Waals surface area (Å²) in [4.78, 5) is 23.1. The second-order valence-corrected chi connectivity index (χ2v) is 7.79. The zero-order chi connectivity index (χ0) is 23.1. The molecule has 10 heteroatoms. The van der Waals surface area contributed by atoms with E-state index in [4.69, 9.17) is 14.6 Å². The van der Waals surface area contributed by atoms with Crippen LogP contribution in [0.4, 0.5) is 5.69 Å². The van der Waals surface area contributed by atoms with Crippen LogP contribution < -0.4 is 14.8 Å². The number of carboxylic acids is 1. The molecule has 0 aliphatic heterocycles.